The molecule has 0 aromatic heterocycles. The van der Waals surface area contributed by atoms with Crippen LogP contribution in [0.15, 0.2) is 24.3 Å². The number of amides is 2. The Morgan fingerprint density at radius 3 is 2.40 bits per heavy atom. The largest absolute Gasteiger partial charge is 0.384 e. The van der Waals surface area contributed by atoms with Crippen LogP contribution >= 0.6 is 0 Å². The summed E-state index contributed by atoms with van der Waals surface area (Å²) in [5.41, 5.74) is 1.64. The number of anilines is 2. The van der Waals surface area contributed by atoms with Crippen LogP contribution in [0.3, 0.4) is 0 Å². The molecule has 0 spiro atoms. The average Bonchev–Trinajstić information content (AvgIpc) is 2.40. The quantitative estimate of drug-likeness (QED) is 0.804. The molecule has 0 atom stereocenters. The Balaban J connectivity index is 2.45. The lowest BCUT2D eigenvalue weighted by Gasteiger charge is -2.18. The molecule has 0 bridgehead atoms. The second kappa shape index (κ2) is 8.19. The van der Waals surface area contributed by atoms with Gasteiger partial charge < -0.3 is 15.5 Å². The van der Waals surface area contributed by atoms with Crippen LogP contribution in [0, 0.1) is 0 Å². The summed E-state index contributed by atoms with van der Waals surface area (Å²) in [7, 11) is 0. The minimum atomic E-state index is -0.0983. The third-order valence-electron chi connectivity index (χ3n) is 2.97. The highest BCUT2D eigenvalue weighted by atomic mass is 16.2. The molecule has 0 aliphatic rings. The monoisotopic (exact) mass is 277 g/mol. The average molecular weight is 277 g/mol. The molecule has 2 amide bonds. The van der Waals surface area contributed by atoms with Crippen molar-refractivity contribution in [1.29, 1.82) is 0 Å². The molecule has 0 aliphatic heterocycles. The molecule has 1 aromatic carbocycles. The summed E-state index contributed by atoms with van der Waals surface area (Å²) in [6, 6.07) is 7.45. The third kappa shape index (κ3) is 5.30. The van der Waals surface area contributed by atoms with E-state index in [0.29, 0.717) is 13.0 Å². The molecular formula is C15H23N3O2. The maximum absolute atomic E-state index is 11.8. The van der Waals surface area contributed by atoms with E-state index in [0.717, 1.165) is 24.5 Å². The molecule has 0 unspecified atom stereocenters. The fourth-order valence-corrected chi connectivity index (χ4v) is 1.96. The zero-order valence-electron chi connectivity index (χ0n) is 12.4. The van der Waals surface area contributed by atoms with Crippen molar-refractivity contribution in [3.63, 3.8) is 0 Å². The fraction of sp³-hybridized carbons (Fsp3) is 0.467. The zero-order chi connectivity index (χ0) is 15.0. The van der Waals surface area contributed by atoms with Gasteiger partial charge in [-0.25, -0.2) is 0 Å². The molecule has 5 nitrogen and oxygen atoms in total. The van der Waals surface area contributed by atoms with Gasteiger partial charge >= 0.3 is 0 Å². The predicted octanol–water partition coefficient (Wildman–Crippen LogP) is 2.32. The van der Waals surface area contributed by atoms with Gasteiger partial charge in [0.1, 0.15) is 0 Å². The topological polar surface area (TPSA) is 61.4 Å². The first-order valence-corrected chi connectivity index (χ1v) is 6.96. The van der Waals surface area contributed by atoms with Crippen molar-refractivity contribution in [2.24, 2.45) is 0 Å². The number of hydrogen-bond acceptors (Lipinski definition) is 3. The van der Waals surface area contributed by atoms with E-state index in [-0.39, 0.29) is 11.8 Å². The van der Waals surface area contributed by atoms with E-state index in [1.54, 1.807) is 0 Å². The van der Waals surface area contributed by atoms with Crippen molar-refractivity contribution >= 4 is 23.2 Å². The smallest absolute Gasteiger partial charge is 0.224 e. The van der Waals surface area contributed by atoms with E-state index >= 15 is 0 Å². The number of carbonyl (C=O) groups excluding carboxylic acids is 2. The van der Waals surface area contributed by atoms with Crippen LogP contribution in [0.4, 0.5) is 11.4 Å². The van der Waals surface area contributed by atoms with Crippen LogP contribution < -0.4 is 10.6 Å². The second-order valence-electron chi connectivity index (χ2n) is 4.50. The molecule has 110 valence electrons. The summed E-state index contributed by atoms with van der Waals surface area (Å²) in [6.07, 6.45) is 0.464. The van der Waals surface area contributed by atoms with Crippen LogP contribution in [-0.2, 0) is 9.59 Å². The van der Waals surface area contributed by atoms with Crippen LogP contribution in [0.2, 0.25) is 0 Å². The van der Waals surface area contributed by atoms with Gasteiger partial charge in [0, 0.05) is 44.4 Å². The van der Waals surface area contributed by atoms with E-state index < -0.39 is 0 Å². The maximum atomic E-state index is 11.8. The standard InChI is InChI=1S/C15H23N3O2/c1-4-18(5-2)15(20)9-10-16-13-7-6-8-14(11-13)17-12(3)19/h6-8,11,16H,4-5,9-10H2,1-3H3,(H,17,19). The zero-order valence-corrected chi connectivity index (χ0v) is 12.4. The van der Waals surface area contributed by atoms with Gasteiger partial charge in [0.05, 0.1) is 0 Å². The van der Waals surface area contributed by atoms with E-state index in [1.807, 2.05) is 43.0 Å². The van der Waals surface area contributed by atoms with Gasteiger partial charge in [-0.3, -0.25) is 9.59 Å². The lowest BCUT2D eigenvalue weighted by molar-refractivity contribution is -0.130. The predicted molar refractivity (Wildman–Crippen MR) is 81.8 cm³/mol. The van der Waals surface area contributed by atoms with E-state index in [2.05, 4.69) is 10.6 Å². The molecule has 2 N–H and O–H groups in total. The number of rotatable bonds is 7. The van der Waals surface area contributed by atoms with Gasteiger partial charge in [-0.15, -0.1) is 0 Å². The van der Waals surface area contributed by atoms with Crippen molar-refractivity contribution in [1.82, 2.24) is 4.90 Å². The number of benzene rings is 1. The molecule has 0 aliphatic carbocycles. The molecule has 0 saturated heterocycles. The molecule has 20 heavy (non-hydrogen) atoms. The van der Waals surface area contributed by atoms with Crippen molar-refractivity contribution in [2.75, 3.05) is 30.3 Å². The third-order valence-corrected chi connectivity index (χ3v) is 2.97. The Morgan fingerprint density at radius 1 is 1.15 bits per heavy atom. The van der Waals surface area contributed by atoms with Gasteiger partial charge in [0.25, 0.3) is 0 Å². The highest BCUT2D eigenvalue weighted by Crippen LogP contribution is 2.14. The molecular weight excluding hydrogens is 254 g/mol. The Labute approximate surface area is 120 Å². The highest BCUT2D eigenvalue weighted by molar-refractivity contribution is 5.89. The Bertz CT molecular complexity index is 456. The summed E-state index contributed by atoms with van der Waals surface area (Å²) in [5, 5.41) is 5.92. The van der Waals surface area contributed by atoms with Gasteiger partial charge in [0.15, 0.2) is 0 Å². The fourth-order valence-electron chi connectivity index (χ4n) is 1.96. The van der Waals surface area contributed by atoms with Crippen LogP contribution in [0.25, 0.3) is 0 Å². The first-order valence-electron chi connectivity index (χ1n) is 6.96. The highest BCUT2D eigenvalue weighted by Gasteiger charge is 2.08. The molecule has 1 aromatic rings. The first-order chi connectivity index (χ1) is 9.56. The second-order valence-corrected chi connectivity index (χ2v) is 4.50. The Hall–Kier alpha value is -2.04. The summed E-state index contributed by atoms with van der Waals surface area (Å²) in [6.45, 7) is 7.50. The number of nitrogens with zero attached hydrogens (tertiary/aromatic N) is 1. The molecule has 0 saturated carbocycles. The van der Waals surface area contributed by atoms with Crippen molar-refractivity contribution < 1.29 is 9.59 Å². The Kier molecular flexibility index (Phi) is 6.56. The lowest BCUT2D eigenvalue weighted by Crippen LogP contribution is -2.31. The van der Waals surface area contributed by atoms with Crippen molar-refractivity contribution in [3.8, 4) is 0 Å². The summed E-state index contributed by atoms with van der Waals surface area (Å²) >= 11 is 0. The first kappa shape index (κ1) is 16.0. The number of carbonyl (C=O) groups is 2. The molecule has 0 fully saturated rings. The lowest BCUT2D eigenvalue weighted by atomic mass is 10.2. The molecule has 1 rings (SSSR count). The molecule has 5 heteroatoms. The summed E-state index contributed by atoms with van der Waals surface area (Å²) in [5.74, 6) is 0.0550. The van der Waals surface area contributed by atoms with Gasteiger partial charge in [-0.1, -0.05) is 6.07 Å². The van der Waals surface area contributed by atoms with Crippen molar-refractivity contribution in [2.45, 2.75) is 27.2 Å². The molecule has 0 radical (unpaired) electrons. The summed E-state index contributed by atoms with van der Waals surface area (Å²) in [4.78, 5) is 24.6. The van der Waals surface area contributed by atoms with Crippen LogP contribution in [-0.4, -0.2) is 36.3 Å². The van der Waals surface area contributed by atoms with Gasteiger partial charge in [-0.2, -0.15) is 0 Å². The van der Waals surface area contributed by atoms with E-state index in [9.17, 15) is 9.59 Å². The van der Waals surface area contributed by atoms with Gasteiger partial charge in [0.2, 0.25) is 11.8 Å². The van der Waals surface area contributed by atoms with Gasteiger partial charge in [-0.05, 0) is 32.0 Å². The Morgan fingerprint density at radius 2 is 1.80 bits per heavy atom. The van der Waals surface area contributed by atoms with Crippen LogP contribution in [0.1, 0.15) is 27.2 Å². The summed E-state index contributed by atoms with van der Waals surface area (Å²) < 4.78 is 0. The van der Waals surface area contributed by atoms with Crippen LogP contribution in [0.5, 0.6) is 0 Å². The molecule has 0 heterocycles. The van der Waals surface area contributed by atoms with Crippen molar-refractivity contribution in [3.05, 3.63) is 24.3 Å². The minimum absolute atomic E-state index is 0.0983. The SMILES string of the molecule is CCN(CC)C(=O)CCNc1cccc(NC(C)=O)c1. The minimum Gasteiger partial charge on any atom is -0.384 e. The maximum Gasteiger partial charge on any atom is 0.224 e. The normalized spacial score (nSPS) is 9.95. The number of nitrogens with one attached hydrogen (secondary N) is 2. The van der Waals surface area contributed by atoms with E-state index in [1.165, 1.54) is 6.92 Å². The number of hydrogen-bond donors (Lipinski definition) is 2. The van der Waals surface area contributed by atoms with E-state index in [4.69, 9.17) is 0 Å².